The van der Waals surface area contributed by atoms with Crippen LogP contribution in [0.15, 0.2) is 47.4 Å². The minimum atomic E-state index is -0.610. The van der Waals surface area contributed by atoms with Gasteiger partial charge in [-0.05, 0) is 86.9 Å². The number of ether oxygens (including phenoxy) is 1. The lowest BCUT2D eigenvalue weighted by molar-refractivity contribution is 0.103. The van der Waals surface area contributed by atoms with Gasteiger partial charge in [-0.2, -0.15) is 0 Å². The molecule has 140 valence electrons. The van der Waals surface area contributed by atoms with E-state index >= 15 is 0 Å². The Labute approximate surface area is 162 Å². The van der Waals surface area contributed by atoms with Gasteiger partial charge in [-0.1, -0.05) is 31.2 Å². The van der Waals surface area contributed by atoms with E-state index in [-0.39, 0.29) is 5.60 Å². The third kappa shape index (κ3) is 5.39. The van der Waals surface area contributed by atoms with Gasteiger partial charge < -0.3 is 9.84 Å². The number of benzene rings is 2. The topological polar surface area (TPSA) is 29.5 Å². The lowest BCUT2D eigenvalue weighted by atomic mass is 10.0. The van der Waals surface area contributed by atoms with Gasteiger partial charge in [0.15, 0.2) is 0 Å². The summed E-state index contributed by atoms with van der Waals surface area (Å²) in [6.07, 6.45) is 6.20. The van der Waals surface area contributed by atoms with Crippen molar-refractivity contribution in [1.82, 2.24) is 0 Å². The van der Waals surface area contributed by atoms with Crippen LogP contribution in [0.1, 0.15) is 55.5 Å². The molecule has 2 nitrogen and oxygen atoms in total. The van der Waals surface area contributed by atoms with Crippen LogP contribution in [0.4, 0.5) is 0 Å². The summed E-state index contributed by atoms with van der Waals surface area (Å²) in [6, 6.07) is 12.2. The lowest BCUT2D eigenvalue weighted by Crippen LogP contribution is -2.27. The Morgan fingerprint density at radius 2 is 1.69 bits per heavy atom. The van der Waals surface area contributed by atoms with E-state index in [0.717, 1.165) is 34.4 Å². The molecule has 2 aromatic rings. The van der Waals surface area contributed by atoms with Crippen molar-refractivity contribution in [3.8, 4) is 5.75 Å². The molecule has 2 aromatic carbocycles. The summed E-state index contributed by atoms with van der Waals surface area (Å²) >= 11 is 1.70. The standard InChI is InChI=1S/C23H30O2S/c1-7-23(4,5)25-22-16(2)14-18(15-17(22)3)8-13-21(24)19-9-11-20(26-6)12-10-19/h8-15,21,24H,7H2,1-6H3. The van der Waals surface area contributed by atoms with Gasteiger partial charge >= 0.3 is 0 Å². The molecule has 0 aromatic heterocycles. The summed E-state index contributed by atoms with van der Waals surface area (Å²) in [5.41, 5.74) is 4.03. The van der Waals surface area contributed by atoms with Gasteiger partial charge in [-0.15, -0.1) is 11.8 Å². The van der Waals surface area contributed by atoms with Crippen LogP contribution in [0.2, 0.25) is 0 Å². The molecular weight excluding hydrogens is 340 g/mol. The molecule has 3 heteroatoms. The second kappa shape index (κ2) is 8.79. The number of aliphatic hydroxyl groups excluding tert-OH is 1. The second-order valence-corrected chi connectivity index (χ2v) is 8.16. The van der Waals surface area contributed by atoms with E-state index in [9.17, 15) is 5.11 Å². The summed E-state index contributed by atoms with van der Waals surface area (Å²) < 4.78 is 6.21. The molecule has 2 rings (SSSR count). The SMILES string of the molecule is CCC(C)(C)Oc1c(C)cc(C=CC(O)c2ccc(SC)cc2)cc1C. The average Bonchev–Trinajstić information content (AvgIpc) is 2.63. The van der Waals surface area contributed by atoms with Gasteiger partial charge in [-0.3, -0.25) is 0 Å². The first kappa shape index (κ1) is 20.6. The fourth-order valence-electron chi connectivity index (χ4n) is 2.70. The molecule has 0 spiro atoms. The van der Waals surface area contributed by atoms with E-state index in [2.05, 4.69) is 46.8 Å². The minimum absolute atomic E-state index is 0.175. The highest BCUT2D eigenvalue weighted by atomic mass is 32.2. The summed E-state index contributed by atoms with van der Waals surface area (Å²) in [4.78, 5) is 1.20. The maximum absolute atomic E-state index is 10.4. The van der Waals surface area contributed by atoms with Gasteiger partial charge in [0, 0.05) is 4.90 Å². The van der Waals surface area contributed by atoms with E-state index in [1.807, 2.05) is 42.7 Å². The Morgan fingerprint density at radius 3 is 2.19 bits per heavy atom. The van der Waals surface area contributed by atoms with Gasteiger partial charge in [0.2, 0.25) is 0 Å². The summed E-state index contributed by atoms with van der Waals surface area (Å²) in [5.74, 6) is 0.960. The molecule has 1 unspecified atom stereocenters. The maximum Gasteiger partial charge on any atom is 0.125 e. The number of hydrogen-bond acceptors (Lipinski definition) is 3. The molecule has 0 saturated heterocycles. The Bertz CT molecular complexity index is 737. The Balaban J connectivity index is 2.17. The molecular formula is C23H30O2S. The zero-order chi connectivity index (χ0) is 19.3. The van der Waals surface area contributed by atoms with Crippen LogP contribution in [0, 0.1) is 13.8 Å². The van der Waals surface area contributed by atoms with E-state index in [1.165, 1.54) is 4.90 Å². The van der Waals surface area contributed by atoms with Crippen molar-refractivity contribution in [3.63, 3.8) is 0 Å². The predicted molar refractivity (Wildman–Crippen MR) is 113 cm³/mol. The van der Waals surface area contributed by atoms with Gasteiger partial charge in [0.25, 0.3) is 0 Å². The van der Waals surface area contributed by atoms with Crippen molar-refractivity contribution in [1.29, 1.82) is 0 Å². The zero-order valence-electron chi connectivity index (χ0n) is 16.7. The monoisotopic (exact) mass is 370 g/mol. The number of thioether (sulfide) groups is 1. The highest BCUT2D eigenvalue weighted by Gasteiger charge is 2.19. The molecule has 26 heavy (non-hydrogen) atoms. The van der Waals surface area contributed by atoms with Crippen LogP contribution in [0.25, 0.3) is 6.08 Å². The predicted octanol–water partition coefficient (Wildman–Crippen LogP) is 6.34. The maximum atomic E-state index is 10.4. The molecule has 0 amide bonds. The van der Waals surface area contributed by atoms with Crippen LogP contribution in [-0.2, 0) is 0 Å². The number of aliphatic hydroxyl groups is 1. The third-order valence-electron chi connectivity index (χ3n) is 4.64. The van der Waals surface area contributed by atoms with Crippen molar-refractivity contribution in [3.05, 3.63) is 64.7 Å². The second-order valence-electron chi connectivity index (χ2n) is 7.28. The highest BCUT2D eigenvalue weighted by Crippen LogP contribution is 2.30. The fraction of sp³-hybridized carbons (Fsp3) is 0.391. The van der Waals surface area contributed by atoms with Crippen molar-refractivity contribution < 1.29 is 9.84 Å². The van der Waals surface area contributed by atoms with Crippen molar-refractivity contribution in [2.45, 2.75) is 57.6 Å². The molecule has 1 N–H and O–H groups in total. The van der Waals surface area contributed by atoms with E-state index < -0.39 is 6.10 Å². The molecule has 0 heterocycles. The quantitative estimate of drug-likeness (QED) is 0.577. The normalized spacial score (nSPS) is 13.2. The van der Waals surface area contributed by atoms with Crippen molar-refractivity contribution in [2.24, 2.45) is 0 Å². The first-order chi connectivity index (χ1) is 12.3. The van der Waals surface area contributed by atoms with E-state index in [4.69, 9.17) is 4.74 Å². The van der Waals surface area contributed by atoms with Gasteiger partial charge in [-0.25, -0.2) is 0 Å². The van der Waals surface area contributed by atoms with Crippen molar-refractivity contribution >= 4 is 17.8 Å². The Kier molecular flexibility index (Phi) is 6.96. The number of aryl methyl sites for hydroxylation is 2. The summed E-state index contributed by atoms with van der Waals surface area (Å²) in [6.45, 7) is 10.5. The molecule has 0 bridgehead atoms. The van der Waals surface area contributed by atoms with Gasteiger partial charge in [0.1, 0.15) is 11.4 Å². The lowest BCUT2D eigenvalue weighted by Gasteiger charge is -2.27. The summed E-state index contributed by atoms with van der Waals surface area (Å²) in [7, 11) is 0. The Hall–Kier alpha value is -1.71. The molecule has 0 aliphatic heterocycles. The summed E-state index contributed by atoms with van der Waals surface area (Å²) in [5, 5.41) is 10.4. The Morgan fingerprint density at radius 1 is 1.12 bits per heavy atom. The van der Waals surface area contributed by atoms with E-state index in [0.29, 0.717) is 0 Å². The molecule has 0 fully saturated rings. The van der Waals surface area contributed by atoms with Crippen LogP contribution in [-0.4, -0.2) is 17.0 Å². The van der Waals surface area contributed by atoms with E-state index in [1.54, 1.807) is 11.8 Å². The molecule has 0 aliphatic carbocycles. The van der Waals surface area contributed by atoms with Crippen LogP contribution in [0.3, 0.4) is 0 Å². The average molecular weight is 371 g/mol. The molecule has 0 aliphatic rings. The minimum Gasteiger partial charge on any atom is -0.487 e. The molecule has 1 atom stereocenters. The fourth-order valence-corrected chi connectivity index (χ4v) is 3.11. The first-order valence-corrected chi connectivity index (χ1v) is 10.3. The first-order valence-electron chi connectivity index (χ1n) is 9.06. The third-order valence-corrected chi connectivity index (χ3v) is 5.38. The zero-order valence-corrected chi connectivity index (χ0v) is 17.5. The number of rotatable bonds is 7. The number of hydrogen-bond donors (Lipinski definition) is 1. The molecule has 0 radical (unpaired) electrons. The molecule has 0 saturated carbocycles. The smallest absolute Gasteiger partial charge is 0.125 e. The van der Waals surface area contributed by atoms with Crippen LogP contribution in [0.5, 0.6) is 5.75 Å². The highest BCUT2D eigenvalue weighted by molar-refractivity contribution is 7.98. The largest absolute Gasteiger partial charge is 0.487 e. The van der Waals surface area contributed by atoms with Crippen LogP contribution >= 0.6 is 11.8 Å². The van der Waals surface area contributed by atoms with Gasteiger partial charge in [0.05, 0.1) is 6.10 Å². The van der Waals surface area contributed by atoms with Crippen molar-refractivity contribution in [2.75, 3.05) is 6.26 Å². The van der Waals surface area contributed by atoms with Crippen LogP contribution < -0.4 is 4.74 Å².